The second kappa shape index (κ2) is 8.53. The van der Waals surface area contributed by atoms with Gasteiger partial charge in [0.2, 0.25) is 0 Å². The zero-order valence-electron chi connectivity index (χ0n) is 18.0. The Bertz CT molecular complexity index is 1300. The van der Waals surface area contributed by atoms with Crippen molar-refractivity contribution in [3.8, 4) is 11.8 Å². The monoisotopic (exact) mass is 471 g/mol. The molecule has 7 nitrogen and oxygen atoms in total. The van der Waals surface area contributed by atoms with E-state index in [-0.39, 0.29) is 28.8 Å². The Kier molecular flexibility index (Phi) is 5.93. The third-order valence-corrected chi connectivity index (χ3v) is 6.73. The second-order valence-corrected chi connectivity index (χ2v) is 9.05. The average molecular weight is 472 g/mol. The summed E-state index contributed by atoms with van der Waals surface area (Å²) in [6.45, 7) is 3.36. The van der Waals surface area contributed by atoms with Gasteiger partial charge < -0.3 is 19.5 Å². The summed E-state index contributed by atoms with van der Waals surface area (Å²) in [6.07, 6.45) is 0.766. The lowest BCUT2D eigenvalue weighted by molar-refractivity contribution is 0.367. The van der Waals surface area contributed by atoms with Crippen molar-refractivity contribution in [2.24, 2.45) is 13.0 Å². The molecule has 3 aromatic rings. The van der Waals surface area contributed by atoms with E-state index in [0.29, 0.717) is 45.7 Å². The van der Waals surface area contributed by atoms with Gasteiger partial charge in [-0.05, 0) is 36.6 Å². The van der Waals surface area contributed by atoms with Crippen LogP contribution < -0.4 is 15.4 Å². The fourth-order valence-corrected chi connectivity index (χ4v) is 4.98. The molecule has 1 aromatic carbocycles. The molecule has 0 amide bonds. The number of hydrogen-bond acceptors (Lipinski definition) is 6. The molecule has 1 aliphatic heterocycles. The van der Waals surface area contributed by atoms with Crippen molar-refractivity contribution in [3.63, 3.8) is 0 Å². The number of aryl methyl sites for hydroxylation is 1. The van der Waals surface area contributed by atoms with Gasteiger partial charge in [-0.3, -0.25) is 4.79 Å². The maximum absolute atomic E-state index is 12.9. The lowest BCUT2D eigenvalue weighted by Crippen LogP contribution is -2.49. The van der Waals surface area contributed by atoms with Crippen molar-refractivity contribution in [2.45, 2.75) is 19.4 Å². The highest BCUT2D eigenvalue weighted by molar-refractivity contribution is 6.30. The molecule has 2 atom stereocenters. The number of anilines is 2. The van der Waals surface area contributed by atoms with E-state index in [1.165, 1.54) is 10.6 Å². The first kappa shape index (κ1) is 22.3. The third kappa shape index (κ3) is 3.74. The SMILES string of the molecule is C[C@@H]1CN(c2c(C#N)c(=O)n(C)c3ccc(Cl)nc23)CC[C@H]1N(C)c1ccc(Cl)cc1O. The number of phenolic OH excluding ortho intramolecular Hbond substituents is 1. The van der Waals surface area contributed by atoms with Gasteiger partial charge in [0, 0.05) is 44.3 Å². The minimum absolute atomic E-state index is 0.0733. The molecule has 0 aliphatic carbocycles. The molecule has 0 unspecified atom stereocenters. The maximum atomic E-state index is 12.9. The number of nitrogens with zero attached hydrogens (tertiary/aromatic N) is 5. The van der Waals surface area contributed by atoms with Crippen LogP contribution in [-0.2, 0) is 7.05 Å². The zero-order valence-corrected chi connectivity index (χ0v) is 19.5. The van der Waals surface area contributed by atoms with Crippen LogP contribution in [0.25, 0.3) is 11.0 Å². The molecule has 1 saturated heterocycles. The molecule has 0 bridgehead atoms. The van der Waals surface area contributed by atoms with Crippen LogP contribution >= 0.6 is 23.2 Å². The van der Waals surface area contributed by atoms with Crippen LogP contribution in [0.15, 0.2) is 35.1 Å². The molecule has 2 aromatic heterocycles. The summed E-state index contributed by atoms with van der Waals surface area (Å²) in [5, 5.41) is 20.9. The van der Waals surface area contributed by atoms with Crippen molar-refractivity contribution in [1.82, 2.24) is 9.55 Å². The first-order valence-electron chi connectivity index (χ1n) is 10.3. The van der Waals surface area contributed by atoms with Crippen LogP contribution in [-0.4, -0.2) is 40.8 Å². The second-order valence-electron chi connectivity index (χ2n) is 8.22. The topological polar surface area (TPSA) is 85.4 Å². The number of rotatable bonds is 3. The van der Waals surface area contributed by atoms with Crippen molar-refractivity contribution in [1.29, 1.82) is 5.26 Å². The van der Waals surface area contributed by atoms with E-state index < -0.39 is 0 Å². The Balaban J connectivity index is 1.71. The number of hydrogen-bond donors (Lipinski definition) is 1. The quantitative estimate of drug-likeness (QED) is 0.576. The summed E-state index contributed by atoms with van der Waals surface area (Å²) < 4.78 is 1.44. The molecule has 1 aliphatic rings. The Hall–Kier alpha value is -2.95. The number of halogens is 2. The highest BCUT2D eigenvalue weighted by Crippen LogP contribution is 2.36. The third-order valence-electron chi connectivity index (χ3n) is 6.28. The summed E-state index contributed by atoms with van der Waals surface area (Å²) in [6, 6.07) is 10.7. The smallest absolute Gasteiger partial charge is 0.270 e. The van der Waals surface area contributed by atoms with Crippen molar-refractivity contribution < 1.29 is 5.11 Å². The average Bonchev–Trinajstić information content (AvgIpc) is 2.75. The molecule has 1 N–H and O–H groups in total. The summed E-state index contributed by atoms with van der Waals surface area (Å²) in [5.41, 5.74) is 2.15. The van der Waals surface area contributed by atoms with Crippen molar-refractivity contribution >= 4 is 45.6 Å². The molecule has 3 heterocycles. The lowest BCUT2D eigenvalue weighted by atomic mass is 9.91. The largest absolute Gasteiger partial charge is 0.506 e. The van der Waals surface area contributed by atoms with Gasteiger partial charge in [0.1, 0.15) is 28.1 Å². The van der Waals surface area contributed by atoms with Crippen molar-refractivity contribution in [2.75, 3.05) is 29.9 Å². The number of fused-ring (bicyclic) bond motifs is 1. The fraction of sp³-hybridized carbons (Fsp3) is 0.348. The van der Waals surface area contributed by atoms with Crippen LogP contribution in [0.3, 0.4) is 0 Å². The van der Waals surface area contributed by atoms with Crippen LogP contribution in [0, 0.1) is 17.2 Å². The molecule has 1 fully saturated rings. The van der Waals surface area contributed by atoms with Gasteiger partial charge in [0.05, 0.1) is 16.9 Å². The van der Waals surface area contributed by atoms with Crippen molar-refractivity contribution in [3.05, 3.63) is 56.4 Å². The van der Waals surface area contributed by atoms with Gasteiger partial charge >= 0.3 is 0 Å². The molecule has 0 saturated carbocycles. The van der Waals surface area contributed by atoms with E-state index in [4.69, 9.17) is 23.2 Å². The van der Waals surface area contributed by atoms with Gasteiger partial charge in [-0.25, -0.2) is 4.98 Å². The number of benzene rings is 1. The number of phenols is 1. The van der Waals surface area contributed by atoms with Crippen LogP contribution in [0.5, 0.6) is 5.75 Å². The molecular weight excluding hydrogens is 449 g/mol. The predicted molar refractivity (Wildman–Crippen MR) is 128 cm³/mol. The maximum Gasteiger partial charge on any atom is 0.270 e. The van der Waals surface area contributed by atoms with E-state index in [9.17, 15) is 15.2 Å². The fourth-order valence-electron chi connectivity index (χ4n) is 4.66. The van der Waals surface area contributed by atoms with E-state index in [1.807, 2.05) is 13.1 Å². The first-order chi connectivity index (χ1) is 15.2. The number of aromatic hydroxyl groups is 1. The Morgan fingerprint density at radius 1 is 1.28 bits per heavy atom. The molecule has 4 rings (SSSR count). The van der Waals surface area contributed by atoms with Gasteiger partial charge in [0.25, 0.3) is 5.56 Å². The molecule has 0 spiro atoms. The Morgan fingerprint density at radius 3 is 2.69 bits per heavy atom. The predicted octanol–water partition coefficient (Wildman–Crippen LogP) is 4.17. The Labute approximate surface area is 196 Å². The van der Waals surface area contributed by atoms with Crippen LogP contribution in [0.4, 0.5) is 11.4 Å². The normalized spacial score (nSPS) is 18.6. The lowest BCUT2D eigenvalue weighted by Gasteiger charge is -2.43. The highest BCUT2D eigenvalue weighted by Gasteiger charge is 2.33. The highest BCUT2D eigenvalue weighted by atomic mass is 35.5. The number of pyridine rings is 2. The zero-order chi connectivity index (χ0) is 23.2. The van der Waals surface area contributed by atoms with E-state index in [1.54, 1.807) is 25.2 Å². The van der Waals surface area contributed by atoms with Gasteiger partial charge in [-0.15, -0.1) is 0 Å². The minimum atomic E-state index is -0.350. The van der Waals surface area contributed by atoms with E-state index in [2.05, 4.69) is 27.8 Å². The molecule has 9 heteroatoms. The van der Waals surface area contributed by atoms with E-state index >= 15 is 0 Å². The standard InChI is InChI=1S/C23H23Cl2N5O2/c1-13-12-30(9-8-16(13)28(2)17-5-4-14(24)10-19(17)31)22-15(11-26)23(32)29(3)18-6-7-20(25)27-21(18)22/h4-7,10,13,16,31H,8-9,12H2,1-3H3/t13-,16-/m1/s1. The first-order valence-corrected chi connectivity index (χ1v) is 11.0. The van der Waals surface area contributed by atoms with Crippen LogP contribution in [0.1, 0.15) is 18.9 Å². The van der Waals surface area contributed by atoms with Gasteiger partial charge in [0.15, 0.2) is 0 Å². The minimum Gasteiger partial charge on any atom is -0.506 e. The van der Waals surface area contributed by atoms with Gasteiger partial charge in [-0.2, -0.15) is 5.26 Å². The number of nitriles is 1. The molecule has 32 heavy (non-hydrogen) atoms. The molecular formula is C23H23Cl2N5O2. The Morgan fingerprint density at radius 2 is 2.03 bits per heavy atom. The summed E-state index contributed by atoms with van der Waals surface area (Å²) >= 11 is 12.1. The van der Waals surface area contributed by atoms with E-state index in [0.717, 1.165) is 6.42 Å². The summed E-state index contributed by atoms with van der Waals surface area (Å²) in [5.74, 6) is 0.312. The van der Waals surface area contributed by atoms with Gasteiger partial charge in [-0.1, -0.05) is 30.1 Å². The molecule has 166 valence electrons. The number of aromatic nitrogens is 2. The summed E-state index contributed by atoms with van der Waals surface area (Å²) in [4.78, 5) is 21.5. The number of piperidine rings is 1. The summed E-state index contributed by atoms with van der Waals surface area (Å²) in [7, 11) is 3.59. The molecule has 0 radical (unpaired) electrons. The van der Waals surface area contributed by atoms with Crippen LogP contribution in [0.2, 0.25) is 10.2 Å².